The van der Waals surface area contributed by atoms with E-state index in [0.29, 0.717) is 27.2 Å². The van der Waals surface area contributed by atoms with E-state index >= 15 is 0 Å². The fraction of sp³-hybridized carbons (Fsp3) is 0.0833. The number of benzene rings is 1. The van der Waals surface area contributed by atoms with Crippen molar-refractivity contribution < 1.29 is 0 Å². The Morgan fingerprint density at radius 2 is 1.89 bits per heavy atom. The van der Waals surface area contributed by atoms with Gasteiger partial charge in [0.2, 0.25) is 0 Å². The van der Waals surface area contributed by atoms with Gasteiger partial charge in [0.1, 0.15) is 10.7 Å². The lowest BCUT2D eigenvalue weighted by atomic mass is 10.2. The molecular formula is C12H10Cl2N4S. The van der Waals surface area contributed by atoms with Crippen molar-refractivity contribution in [2.24, 2.45) is 5.73 Å². The summed E-state index contributed by atoms with van der Waals surface area (Å²) in [5.41, 5.74) is 7.51. The molecule has 2 aromatic rings. The van der Waals surface area contributed by atoms with Gasteiger partial charge in [0.05, 0.1) is 10.7 Å². The van der Waals surface area contributed by atoms with Crippen LogP contribution in [-0.2, 0) is 0 Å². The molecule has 0 saturated carbocycles. The van der Waals surface area contributed by atoms with E-state index in [4.69, 9.17) is 41.2 Å². The lowest BCUT2D eigenvalue weighted by molar-refractivity contribution is 1.18. The molecule has 0 saturated heterocycles. The summed E-state index contributed by atoms with van der Waals surface area (Å²) in [6, 6.07) is 3.49. The Bertz CT molecular complexity index is 646. The molecule has 0 aliphatic rings. The van der Waals surface area contributed by atoms with E-state index < -0.39 is 0 Å². The van der Waals surface area contributed by atoms with Crippen LogP contribution < -0.4 is 11.1 Å². The maximum atomic E-state index is 6.15. The standard InChI is InChI=1S/C12H10Cl2N4S/c1-6-4-8(14)9(5-7(6)13)18-12-10(11(15)19)16-2-3-17-12/h2-5H,1H3,(H2,15,19)(H,17,18). The molecule has 98 valence electrons. The Kier molecular flexibility index (Phi) is 4.19. The minimum Gasteiger partial charge on any atom is -0.388 e. The van der Waals surface area contributed by atoms with Crippen molar-refractivity contribution in [2.45, 2.75) is 6.92 Å². The summed E-state index contributed by atoms with van der Waals surface area (Å²) in [6.07, 6.45) is 3.05. The van der Waals surface area contributed by atoms with Crippen molar-refractivity contribution >= 4 is 51.9 Å². The number of nitrogens with zero attached hydrogens (tertiary/aromatic N) is 2. The van der Waals surface area contributed by atoms with Crippen molar-refractivity contribution in [3.63, 3.8) is 0 Å². The van der Waals surface area contributed by atoms with Gasteiger partial charge in [0.25, 0.3) is 0 Å². The Balaban J connectivity index is 2.42. The van der Waals surface area contributed by atoms with Crippen LogP contribution in [0.1, 0.15) is 11.3 Å². The zero-order valence-corrected chi connectivity index (χ0v) is 12.3. The van der Waals surface area contributed by atoms with Crippen LogP contribution in [0.2, 0.25) is 10.0 Å². The molecule has 0 bridgehead atoms. The highest BCUT2D eigenvalue weighted by atomic mass is 35.5. The van der Waals surface area contributed by atoms with Crippen molar-refractivity contribution in [1.82, 2.24) is 9.97 Å². The van der Waals surface area contributed by atoms with Gasteiger partial charge >= 0.3 is 0 Å². The Hall–Kier alpha value is -1.43. The Labute approximate surface area is 126 Å². The van der Waals surface area contributed by atoms with Gasteiger partial charge in [-0.05, 0) is 24.6 Å². The Morgan fingerprint density at radius 1 is 1.21 bits per heavy atom. The molecule has 0 amide bonds. The van der Waals surface area contributed by atoms with Gasteiger partial charge in [-0.25, -0.2) is 9.97 Å². The molecule has 1 heterocycles. The number of thiocarbonyl (C=S) groups is 1. The normalized spacial score (nSPS) is 10.3. The molecule has 19 heavy (non-hydrogen) atoms. The van der Waals surface area contributed by atoms with Crippen molar-refractivity contribution in [3.8, 4) is 0 Å². The second-order valence-electron chi connectivity index (χ2n) is 3.82. The topological polar surface area (TPSA) is 63.8 Å². The van der Waals surface area contributed by atoms with Gasteiger partial charge in [-0.2, -0.15) is 0 Å². The summed E-state index contributed by atoms with van der Waals surface area (Å²) in [7, 11) is 0. The quantitative estimate of drug-likeness (QED) is 0.850. The highest BCUT2D eigenvalue weighted by Crippen LogP contribution is 2.31. The summed E-state index contributed by atoms with van der Waals surface area (Å²) in [4.78, 5) is 8.38. The van der Waals surface area contributed by atoms with Gasteiger partial charge in [-0.3, -0.25) is 0 Å². The molecule has 3 N–H and O–H groups in total. The second-order valence-corrected chi connectivity index (χ2v) is 5.08. The number of nitrogens with two attached hydrogens (primary N) is 1. The van der Waals surface area contributed by atoms with Crippen molar-refractivity contribution in [1.29, 1.82) is 0 Å². The van der Waals surface area contributed by atoms with Crippen molar-refractivity contribution in [2.75, 3.05) is 5.32 Å². The maximum Gasteiger partial charge on any atom is 0.159 e. The molecule has 0 fully saturated rings. The van der Waals surface area contributed by atoms with Crippen LogP contribution in [0.5, 0.6) is 0 Å². The molecular weight excluding hydrogens is 303 g/mol. The molecule has 0 aliphatic heterocycles. The number of anilines is 2. The van der Waals surface area contributed by atoms with Crippen LogP contribution in [0.4, 0.5) is 11.5 Å². The van der Waals surface area contributed by atoms with Gasteiger partial charge in [-0.15, -0.1) is 0 Å². The lowest BCUT2D eigenvalue weighted by Crippen LogP contribution is -2.15. The zero-order chi connectivity index (χ0) is 14.0. The van der Waals surface area contributed by atoms with Crippen LogP contribution in [-0.4, -0.2) is 15.0 Å². The van der Waals surface area contributed by atoms with Crippen LogP contribution in [0.3, 0.4) is 0 Å². The first kappa shape index (κ1) is 14.0. The van der Waals surface area contributed by atoms with Gasteiger partial charge in [-0.1, -0.05) is 35.4 Å². The number of nitrogens with one attached hydrogen (secondary N) is 1. The minimum atomic E-state index is 0.157. The lowest BCUT2D eigenvalue weighted by Gasteiger charge is -2.11. The highest BCUT2D eigenvalue weighted by Gasteiger charge is 2.11. The number of aryl methyl sites for hydroxylation is 1. The fourth-order valence-electron chi connectivity index (χ4n) is 1.48. The van der Waals surface area contributed by atoms with Gasteiger partial charge in [0.15, 0.2) is 5.82 Å². The fourth-order valence-corrected chi connectivity index (χ4v) is 2.06. The van der Waals surface area contributed by atoms with Gasteiger partial charge < -0.3 is 11.1 Å². The number of aromatic nitrogens is 2. The van der Waals surface area contributed by atoms with E-state index in [2.05, 4.69) is 15.3 Å². The minimum absolute atomic E-state index is 0.157. The average Bonchev–Trinajstić information content (AvgIpc) is 2.36. The Morgan fingerprint density at radius 3 is 2.58 bits per heavy atom. The average molecular weight is 313 g/mol. The summed E-state index contributed by atoms with van der Waals surface area (Å²) in [6.45, 7) is 1.88. The predicted octanol–water partition coefficient (Wildman–Crippen LogP) is 3.47. The summed E-state index contributed by atoms with van der Waals surface area (Å²) >= 11 is 17.1. The monoisotopic (exact) mass is 312 g/mol. The molecule has 0 atom stereocenters. The third-order valence-corrected chi connectivity index (χ3v) is 3.35. The molecule has 7 heteroatoms. The SMILES string of the molecule is Cc1cc(Cl)c(Nc2nccnc2C(N)=S)cc1Cl. The first-order valence-electron chi connectivity index (χ1n) is 5.32. The molecule has 0 unspecified atom stereocenters. The van der Waals surface area contributed by atoms with Crippen LogP contribution in [0.25, 0.3) is 0 Å². The summed E-state index contributed by atoms with van der Waals surface area (Å²) < 4.78 is 0. The molecule has 0 aliphatic carbocycles. The molecule has 4 nitrogen and oxygen atoms in total. The van der Waals surface area contributed by atoms with E-state index in [1.807, 2.05) is 6.92 Å². The number of rotatable bonds is 3. The predicted molar refractivity (Wildman–Crippen MR) is 82.4 cm³/mol. The maximum absolute atomic E-state index is 6.15. The van der Waals surface area contributed by atoms with E-state index in [-0.39, 0.29) is 4.99 Å². The highest BCUT2D eigenvalue weighted by molar-refractivity contribution is 7.80. The number of halogens is 2. The first-order valence-corrected chi connectivity index (χ1v) is 6.49. The molecule has 2 rings (SSSR count). The molecule has 0 spiro atoms. The van der Waals surface area contributed by atoms with Crippen LogP contribution in [0.15, 0.2) is 24.5 Å². The summed E-state index contributed by atoms with van der Waals surface area (Å²) in [5.74, 6) is 0.441. The smallest absolute Gasteiger partial charge is 0.159 e. The van der Waals surface area contributed by atoms with Gasteiger partial charge in [0, 0.05) is 17.4 Å². The molecule has 1 aromatic heterocycles. The largest absolute Gasteiger partial charge is 0.388 e. The number of hydrogen-bond donors (Lipinski definition) is 2. The molecule has 0 radical (unpaired) electrons. The van der Waals surface area contributed by atoms with Crippen LogP contribution in [0, 0.1) is 6.92 Å². The third kappa shape index (κ3) is 3.12. The summed E-state index contributed by atoms with van der Waals surface area (Å²) in [5, 5.41) is 4.17. The zero-order valence-electron chi connectivity index (χ0n) is 9.95. The van der Waals surface area contributed by atoms with E-state index in [1.165, 1.54) is 12.4 Å². The van der Waals surface area contributed by atoms with Crippen LogP contribution >= 0.6 is 35.4 Å². The van der Waals surface area contributed by atoms with E-state index in [0.717, 1.165) is 5.56 Å². The second kappa shape index (κ2) is 5.69. The molecule has 1 aromatic carbocycles. The van der Waals surface area contributed by atoms with E-state index in [1.54, 1.807) is 12.1 Å². The van der Waals surface area contributed by atoms with E-state index in [9.17, 15) is 0 Å². The first-order chi connectivity index (χ1) is 8.99. The van der Waals surface area contributed by atoms with Crippen molar-refractivity contribution in [3.05, 3.63) is 45.8 Å². The number of hydrogen-bond acceptors (Lipinski definition) is 4. The third-order valence-electron chi connectivity index (χ3n) is 2.43.